The van der Waals surface area contributed by atoms with Crippen molar-refractivity contribution >= 4 is 15.9 Å². The van der Waals surface area contributed by atoms with Crippen molar-refractivity contribution in [3.8, 4) is 5.75 Å². The Morgan fingerprint density at radius 3 is 2.80 bits per heavy atom. The summed E-state index contributed by atoms with van der Waals surface area (Å²) in [6, 6.07) is 8.17. The number of hydrogen-bond donors (Lipinski definition) is 1. The van der Waals surface area contributed by atoms with Crippen molar-refractivity contribution in [2.45, 2.75) is 26.3 Å². The van der Waals surface area contributed by atoms with E-state index in [9.17, 15) is 0 Å². The lowest BCUT2D eigenvalue weighted by Crippen LogP contribution is -2.23. The van der Waals surface area contributed by atoms with Crippen molar-refractivity contribution in [3.63, 3.8) is 0 Å². The second-order valence-corrected chi connectivity index (χ2v) is 5.47. The highest BCUT2D eigenvalue weighted by atomic mass is 79.9. The Morgan fingerprint density at radius 1 is 1.30 bits per heavy atom. The number of ether oxygens (including phenoxy) is 1. The number of halogens is 1. The number of nitrogens with one attached hydrogen (secondary N) is 1. The molecule has 1 aromatic carbocycles. The fourth-order valence-corrected chi connectivity index (χ4v) is 2.55. The van der Waals surface area contributed by atoms with Gasteiger partial charge in [-0.25, -0.2) is 0 Å². The average molecular weight is 338 g/mol. The molecule has 20 heavy (non-hydrogen) atoms. The Labute approximate surface area is 128 Å². The van der Waals surface area contributed by atoms with Gasteiger partial charge in [-0.2, -0.15) is 0 Å². The predicted molar refractivity (Wildman–Crippen MR) is 84.2 cm³/mol. The van der Waals surface area contributed by atoms with Gasteiger partial charge in [0.15, 0.2) is 0 Å². The van der Waals surface area contributed by atoms with E-state index < -0.39 is 0 Å². The summed E-state index contributed by atoms with van der Waals surface area (Å²) in [5, 5.41) is 3.55. The van der Waals surface area contributed by atoms with E-state index in [1.807, 2.05) is 25.1 Å². The molecule has 0 aliphatic carbocycles. The van der Waals surface area contributed by atoms with Crippen molar-refractivity contribution in [2.75, 3.05) is 13.2 Å². The summed E-state index contributed by atoms with van der Waals surface area (Å²) in [4.78, 5) is 0. The van der Waals surface area contributed by atoms with Gasteiger partial charge in [0.1, 0.15) is 5.75 Å². The Morgan fingerprint density at radius 2 is 2.15 bits per heavy atom. The molecule has 0 bridgehead atoms. The van der Waals surface area contributed by atoms with E-state index in [0.717, 1.165) is 34.3 Å². The third-order valence-electron chi connectivity index (χ3n) is 3.06. The molecule has 0 aliphatic heterocycles. The third-order valence-corrected chi connectivity index (χ3v) is 3.55. The molecule has 1 atom stereocenters. The lowest BCUT2D eigenvalue weighted by molar-refractivity contribution is 0.333. The Balaban J connectivity index is 2.39. The number of benzene rings is 1. The first-order chi connectivity index (χ1) is 9.76. The smallest absolute Gasteiger partial charge is 0.124 e. The maximum Gasteiger partial charge on any atom is 0.124 e. The molecular formula is C16H20BrNO2. The van der Waals surface area contributed by atoms with E-state index in [1.54, 1.807) is 12.5 Å². The van der Waals surface area contributed by atoms with Crippen LogP contribution in [0.3, 0.4) is 0 Å². The second-order valence-electron chi connectivity index (χ2n) is 4.56. The van der Waals surface area contributed by atoms with Gasteiger partial charge in [0.25, 0.3) is 0 Å². The first-order valence-corrected chi connectivity index (χ1v) is 7.73. The van der Waals surface area contributed by atoms with Crippen LogP contribution in [0.1, 0.15) is 37.4 Å². The molecular weight excluding hydrogens is 318 g/mol. The Bertz CT molecular complexity index is 525. The molecule has 1 heterocycles. The maximum atomic E-state index is 5.76. The highest BCUT2D eigenvalue weighted by Crippen LogP contribution is 2.33. The molecule has 0 aliphatic rings. The van der Waals surface area contributed by atoms with E-state index in [1.165, 1.54) is 0 Å². The summed E-state index contributed by atoms with van der Waals surface area (Å²) < 4.78 is 12.0. The molecule has 108 valence electrons. The lowest BCUT2D eigenvalue weighted by atomic mass is 10.00. The van der Waals surface area contributed by atoms with Gasteiger partial charge < -0.3 is 14.5 Å². The van der Waals surface area contributed by atoms with Crippen LogP contribution in [0, 0.1) is 0 Å². The van der Waals surface area contributed by atoms with Crippen LogP contribution in [-0.2, 0) is 0 Å². The summed E-state index contributed by atoms with van der Waals surface area (Å²) in [7, 11) is 0. The lowest BCUT2D eigenvalue weighted by Gasteiger charge is -2.21. The van der Waals surface area contributed by atoms with Crippen LogP contribution in [0.4, 0.5) is 0 Å². The fraction of sp³-hybridized carbons (Fsp3) is 0.375. The molecule has 2 aromatic rings. The zero-order valence-corrected chi connectivity index (χ0v) is 13.4. The minimum absolute atomic E-state index is 0.0766. The van der Waals surface area contributed by atoms with E-state index in [-0.39, 0.29) is 6.04 Å². The SMILES string of the molecule is CCCNC(c1ccoc1)c1cc(Br)ccc1OCC. The summed E-state index contributed by atoms with van der Waals surface area (Å²) >= 11 is 3.54. The van der Waals surface area contributed by atoms with Gasteiger partial charge in [-0.3, -0.25) is 0 Å². The topological polar surface area (TPSA) is 34.4 Å². The number of hydrogen-bond acceptors (Lipinski definition) is 3. The van der Waals surface area contributed by atoms with E-state index in [4.69, 9.17) is 9.15 Å². The summed E-state index contributed by atoms with van der Waals surface area (Å²) in [6.07, 6.45) is 4.56. The first-order valence-electron chi connectivity index (χ1n) is 6.94. The molecule has 0 saturated heterocycles. The molecule has 0 amide bonds. The molecule has 0 spiro atoms. The minimum atomic E-state index is 0.0766. The fourth-order valence-electron chi connectivity index (χ4n) is 2.17. The van der Waals surface area contributed by atoms with Crippen molar-refractivity contribution in [3.05, 3.63) is 52.4 Å². The summed E-state index contributed by atoms with van der Waals surface area (Å²) in [5.74, 6) is 0.908. The summed E-state index contributed by atoms with van der Waals surface area (Å²) in [6.45, 7) is 5.75. The van der Waals surface area contributed by atoms with Crippen LogP contribution in [-0.4, -0.2) is 13.2 Å². The van der Waals surface area contributed by atoms with Gasteiger partial charge in [0, 0.05) is 15.6 Å². The zero-order chi connectivity index (χ0) is 14.4. The molecule has 2 rings (SSSR count). The molecule has 1 unspecified atom stereocenters. The second kappa shape index (κ2) is 7.50. The van der Waals surface area contributed by atoms with Crippen LogP contribution in [0.25, 0.3) is 0 Å². The first kappa shape index (κ1) is 15.1. The van der Waals surface area contributed by atoms with Crippen LogP contribution >= 0.6 is 15.9 Å². The normalized spacial score (nSPS) is 12.3. The largest absolute Gasteiger partial charge is 0.494 e. The Hall–Kier alpha value is -1.26. The van der Waals surface area contributed by atoms with Crippen LogP contribution < -0.4 is 10.1 Å². The van der Waals surface area contributed by atoms with Crippen LogP contribution in [0.2, 0.25) is 0 Å². The van der Waals surface area contributed by atoms with Gasteiger partial charge >= 0.3 is 0 Å². The molecule has 1 N–H and O–H groups in total. The van der Waals surface area contributed by atoms with E-state index in [2.05, 4.69) is 34.2 Å². The zero-order valence-electron chi connectivity index (χ0n) is 11.9. The molecule has 3 nitrogen and oxygen atoms in total. The Kier molecular flexibility index (Phi) is 5.68. The van der Waals surface area contributed by atoms with Gasteiger partial charge in [-0.05, 0) is 44.2 Å². The average Bonchev–Trinajstić information content (AvgIpc) is 2.96. The van der Waals surface area contributed by atoms with Crippen LogP contribution in [0.15, 0.2) is 45.7 Å². The van der Waals surface area contributed by atoms with Gasteiger partial charge in [-0.1, -0.05) is 22.9 Å². The number of rotatable bonds is 7. The van der Waals surface area contributed by atoms with Crippen molar-refractivity contribution in [1.82, 2.24) is 5.32 Å². The standard InChI is InChI=1S/C16H20BrNO2/c1-3-8-18-16(12-7-9-19-11-12)14-10-13(17)5-6-15(14)20-4-2/h5-7,9-11,16,18H,3-4,8H2,1-2H3. The van der Waals surface area contributed by atoms with Gasteiger partial charge in [-0.15, -0.1) is 0 Å². The molecule has 4 heteroatoms. The van der Waals surface area contributed by atoms with Crippen molar-refractivity contribution < 1.29 is 9.15 Å². The van der Waals surface area contributed by atoms with Gasteiger partial charge in [0.2, 0.25) is 0 Å². The molecule has 0 saturated carbocycles. The predicted octanol–water partition coefficient (Wildman–Crippen LogP) is 4.53. The maximum absolute atomic E-state index is 5.76. The summed E-state index contributed by atoms with van der Waals surface area (Å²) in [5.41, 5.74) is 2.23. The van der Waals surface area contributed by atoms with E-state index >= 15 is 0 Å². The molecule has 1 aromatic heterocycles. The highest BCUT2D eigenvalue weighted by Gasteiger charge is 2.19. The van der Waals surface area contributed by atoms with Crippen molar-refractivity contribution in [1.29, 1.82) is 0 Å². The molecule has 0 radical (unpaired) electrons. The van der Waals surface area contributed by atoms with Crippen molar-refractivity contribution in [2.24, 2.45) is 0 Å². The van der Waals surface area contributed by atoms with Crippen LogP contribution in [0.5, 0.6) is 5.75 Å². The highest BCUT2D eigenvalue weighted by molar-refractivity contribution is 9.10. The minimum Gasteiger partial charge on any atom is -0.494 e. The molecule has 0 fully saturated rings. The van der Waals surface area contributed by atoms with Gasteiger partial charge in [0.05, 0.1) is 25.2 Å². The monoisotopic (exact) mass is 337 g/mol. The van der Waals surface area contributed by atoms with E-state index in [0.29, 0.717) is 6.61 Å². The number of furan rings is 1. The third kappa shape index (κ3) is 3.64. The quantitative estimate of drug-likeness (QED) is 0.805.